The molecular formula is C18H16N4O2S3. The Labute approximate surface area is 168 Å². The summed E-state index contributed by atoms with van der Waals surface area (Å²) in [6.07, 6.45) is 1.22. The topological polar surface area (TPSA) is 75.2 Å². The van der Waals surface area contributed by atoms with Crippen molar-refractivity contribution in [2.24, 2.45) is 0 Å². The number of carbonyl (C=O) groups excluding carboxylic acids is 2. The van der Waals surface area contributed by atoms with E-state index in [1.54, 1.807) is 11.3 Å². The van der Waals surface area contributed by atoms with Crippen molar-refractivity contribution in [1.29, 1.82) is 0 Å². The van der Waals surface area contributed by atoms with Crippen LogP contribution in [0.3, 0.4) is 0 Å². The van der Waals surface area contributed by atoms with E-state index in [1.165, 1.54) is 28.7 Å². The van der Waals surface area contributed by atoms with E-state index < -0.39 is 0 Å². The van der Waals surface area contributed by atoms with Crippen LogP contribution in [-0.2, 0) is 22.4 Å². The van der Waals surface area contributed by atoms with Crippen LogP contribution in [0.25, 0.3) is 0 Å². The van der Waals surface area contributed by atoms with Crippen molar-refractivity contribution >= 4 is 57.1 Å². The molecule has 0 atom stereocenters. The fourth-order valence-electron chi connectivity index (χ4n) is 2.85. The molecule has 0 radical (unpaired) electrons. The van der Waals surface area contributed by atoms with Crippen molar-refractivity contribution in [3.63, 3.8) is 0 Å². The molecule has 0 spiro atoms. The molecule has 0 saturated heterocycles. The summed E-state index contributed by atoms with van der Waals surface area (Å²) in [6.45, 7) is 0.721. The fraction of sp³-hybridized carbons (Fsp3) is 0.222. The van der Waals surface area contributed by atoms with Crippen molar-refractivity contribution in [3.05, 3.63) is 52.2 Å². The van der Waals surface area contributed by atoms with E-state index in [0.717, 1.165) is 23.5 Å². The van der Waals surface area contributed by atoms with Crippen molar-refractivity contribution < 1.29 is 9.59 Å². The van der Waals surface area contributed by atoms with E-state index in [0.29, 0.717) is 21.6 Å². The molecule has 1 aromatic carbocycles. The molecule has 2 amide bonds. The molecule has 2 aromatic heterocycles. The lowest BCUT2D eigenvalue weighted by Crippen LogP contribution is -2.30. The van der Waals surface area contributed by atoms with Crippen LogP contribution in [0.15, 0.2) is 46.1 Å². The highest BCUT2D eigenvalue weighted by Crippen LogP contribution is 2.30. The van der Waals surface area contributed by atoms with E-state index in [-0.39, 0.29) is 11.8 Å². The van der Waals surface area contributed by atoms with Crippen LogP contribution in [0.1, 0.15) is 10.4 Å². The summed E-state index contributed by atoms with van der Waals surface area (Å²) in [7, 11) is 0. The van der Waals surface area contributed by atoms with Gasteiger partial charge in [-0.15, -0.1) is 21.5 Å². The Morgan fingerprint density at radius 3 is 2.93 bits per heavy atom. The molecule has 0 aliphatic carbocycles. The van der Waals surface area contributed by atoms with Gasteiger partial charge in [-0.1, -0.05) is 47.4 Å². The van der Waals surface area contributed by atoms with Crippen molar-refractivity contribution in [1.82, 2.24) is 10.2 Å². The molecule has 9 heteroatoms. The van der Waals surface area contributed by atoms with Gasteiger partial charge in [-0.25, -0.2) is 0 Å². The number of thioether (sulfide) groups is 1. The van der Waals surface area contributed by atoms with Gasteiger partial charge in [0, 0.05) is 17.1 Å². The largest absolute Gasteiger partial charge is 0.311 e. The number of hydrogen-bond donors (Lipinski definition) is 1. The zero-order chi connectivity index (χ0) is 18.6. The second-order valence-electron chi connectivity index (χ2n) is 5.89. The van der Waals surface area contributed by atoms with Crippen molar-refractivity contribution in [2.75, 3.05) is 22.5 Å². The summed E-state index contributed by atoms with van der Waals surface area (Å²) < 4.78 is 0.669. The lowest BCUT2D eigenvalue weighted by atomic mass is 10.2. The summed E-state index contributed by atoms with van der Waals surface area (Å²) >= 11 is 4.18. The first-order valence-corrected chi connectivity index (χ1v) is 11.0. The van der Waals surface area contributed by atoms with Crippen LogP contribution in [0.4, 0.5) is 10.8 Å². The number of hydrogen-bond acceptors (Lipinski definition) is 7. The average molecular weight is 417 g/mol. The second kappa shape index (κ2) is 8.20. The molecule has 4 rings (SSSR count). The number of fused-ring (bicyclic) bond motifs is 1. The zero-order valence-electron chi connectivity index (χ0n) is 14.3. The number of benzene rings is 1. The number of amides is 2. The van der Waals surface area contributed by atoms with Gasteiger partial charge in [0.1, 0.15) is 0 Å². The van der Waals surface area contributed by atoms with Gasteiger partial charge in [0.25, 0.3) is 0 Å². The molecule has 1 N–H and O–H groups in total. The van der Waals surface area contributed by atoms with E-state index in [2.05, 4.69) is 21.6 Å². The molecule has 1 aliphatic heterocycles. The lowest BCUT2D eigenvalue weighted by Gasteiger charge is -2.16. The number of para-hydroxylation sites is 1. The molecule has 1 aliphatic rings. The third-order valence-electron chi connectivity index (χ3n) is 4.08. The number of nitrogens with one attached hydrogen (secondary N) is 1. The quantitative estimate of drug-likeness (QED) is 0.492. The van der Waals surface area contributed by atoms with Crippen molar-refractivity contribution in [3.8, 4) is 0 Å². The molecule has 3 aromatic rings. The molecule has 138 valence electrons. The maximum Gasteiger partial charge on any atom is 0.237 e. The van der Waals surface area contributed by atoms with Gasteiger partial charge >= 0.3 is 0 Å². The number of rotatable bonds is 6. The lowest BCUT2D eigenvalue weighted by molar-refractivity contribution is -0.116. The van der Waals surface area contributed by atoms with Crippen LogP contribution in [-0.4, -0.2) is 34.3 Å². The van der Waals surface area contributed by atoms with E-state index in [9.17, 15) is 9.59 Å². The number of nitrogens with zero attached hydrogens (tertiary/aromatic N) is 3. The first-order valence-electron chi connectivity index (χ1n) is 8.36. The minimum atomic E-state index is -0.116. The van der Waals surface area contributed by atoms with E-state index in [1.807, 2.05) is 40.6 Å². The molecular weight excluding hydrogens is 400 g/mol. The maximum atomic E-state index is 12.5. The molecule has 0 unspecified atom stereocenters. The number of thiophene rings is 1. The summed E-state index contributed by atoms with van der Waals surface area (Å²) in [6, 6.07) is 11.8. The minimum absolute atomic E-state index is 0.0587. The Hall–Kier alpha value is -2.23. The average Bonchev–Trinajstić information content (AvgIpc) is 3.40. The standard InChI is InChI=1S/C18H16N4O2S3/c23-15(10-13-5-3-9-25-13)19-17-20-21-18(27-17)26-11-16(24)22-8-7-12-4-1-2-6-14(12)22/h1-6,9H,7-8,10-11H2,(H,19,20,23). The molecule has 0 fully saturated rings. The first-order chi connectivity index (χ1) is 13.2. The molecule has 0 bridgehead atoms. The Morgan fingerprint density at radius 1 is 1.19 bits per heavy atom. The van der Waals surface area contributed by atoms with Gasteiger partial charge in [0.2, 0.25) is 16.9 Å². The third kappa shape index (κ3) is 4.37. The van der Waals surface area contributed by atoms with Crippen LogP contribution < -0.4 is 10.2 Å². The predicted molar refractivity (Wildman–Crippen MR) is 110 cm³/mol. The highest BCUT2D eigenvalue weighted by Gasteiger charge is 2.24. The van der Waals surface area contributed by atoms with Gasteiger partial charge in [-0.2, -0.15) is 0 Å². The van der Waals surface area contributed by atoms with Crippen molar-refractivity contribution in [2.45, 2.75) is 17.2 Å². The van der Waals surface area contributed by atoms with Crippen LogP contribution >= 0.6 is 34.4 Å². The Balaban J connectivity index is 1.29. The summed E-state index contributed by atoms with van der Waals surface area (Å²) in [5.41, 5.74) is 2.21. The Morgan fingerprint density at radius 2 is 2.07 bits per heavy atom. The molecule has 27 heavy (non-hydrogen) atoms. The van der Waals surface area contributed by atoms with Gasteiger partial charge in [0.05, 0.1) is 12.2 Å². The van der Waals surface area contributed by atoms with Crippen LogP contribution in [0.5, 0.6) is 0 Å². The second-order valence-corrected chi connectivity index (χ2v) is 9.12. The fourth-order valence-corrected chi connectivity index (χ4v) is 5.20. The number of aromatic nitrogens is 2. The molecule has 3 heterocycles. The number of carbonyl (C=O) groups is 2. The zero-order valence-corrected chi connectivity index (χ0v) is 16.7. The van der Waals surface area contributed by atoms with E-state index >= 15 is 0 Å². The van der Waals surface area contributed by atoms with Gasteiger partial charge in [-0.3, -0.25) is 9.59 Å². The summed E-state index contributed by atoms with van der Waals surface area (Å²) in [5, 5.41) is 13.2. The highest BCUT2D eigenvalue weighted by atomic mass is 32.2. The molecule has 0 saturated carbocycles. The normalized spacial score (nSPS) is 12.8. The molecule has 6 nitrogen and oxygen atoms in total. The van der Waals surface area contributed by atoms with Crippen LogP contribution in [0.2, 0.25) is 0 Å². The smallest absolute Gasteiger partial charge is 0.237 e. The minimum Gasteiger partial charge on any atom is -0.311 e. The first kappa shape index (κ1) is 18.1. The van der Waals surface area contributed by atoms with E-state index in [4.69, 9.17) is 0 Å². The van der Waals surface area contributed by atoms with Gasteiger partial charge in [-0.05, 0) is 29.5 Å². The van der Waals surface area contributed by atoms with Gasteiger partial charge < -0.3 is 10.2 Å². The monoisotopic (exact) mass is 416 g/mol. The number of anilines is 2. The van der Waals surface area contributed by atoms with Gasteiger partial charge in [0.15, 0.2) is 4.34 Å². The maximum absolute atomic E-state index is 12.5. The Bertz CT molecular complexity index is 955. The predicted octanol–water partition coefficient (Wildman–Crippen LogP) is 3.46. The van der Waals surface area contributed by atoms with Crippen LogP contribution in [0, 0.1) is 0 Å². The third-order valence-corrected chi connectivity index (χ3v) is 6.91. The highest BCUT2D eigenvalue weighted by molar-refractivity contribution is 8.01. The summed E-state index contributed by atoms with van der Waals surface area (Å²) in [4.78, 5) is 27.4. The Kier molecular flexibility index (Phi) is 5.51. The SMILES string of the molecule is O=C(Cc1cccs1)Nc1nnc(SCC(=O)N2CCc3ccccc32)s1. The summed E-state index contributed by atoms with van der Waals surface area (Å²) in [5.74, 6) is 0.241.